The minimum absolute atomic E-state index is 0.0776. The molecule has 0 bridgehead atoms. The number of carbonyl (C=O) groups is 1. The Labute approximate surface area is 178 Å². The van der Waals surface area contributed by atoms with Crippen molar-refractivity contribution in [1.29, 1.82) is 0 Å². The van der Waals surface area contributed by atoms with Gasteiger partial charge in [0, 0.05) is 24.2 Å². The summed E-state index contributed by atoms with van der Waals surface area (Å²) in [6, 6.07) is 11.4. The number of amides is 1. The van der Waals surface area contributed by atoms with E-state index in [9.17, 15) is 22.4 Å². The molecule has 7 nitrogen and oxygen atoms in total. The molecular formula is C21H15F4N5O2. The van der Waals surface area contributed by atoms with Gasteiger partial charge in [0.25, 0.3) is 5.91 Å². The molecular weight excluding hydrogens is 430 g/mol. The molecule has 2 heterocycles. The molecule has 0 aliphatic heterocycles. The molecule has 0 aliphatic carbocycles. The van der Waals surface area contributed by atoms with Gasteiger partial charge in [-0.15, -0.1) is 0 Å². The zero-order valence-corrected chi connectivity index (χ0v) is 16.5. The monoisotopic (exact) mass is 445 g/mol. The van der Waals surface area contributed by atoms with Crippen molar-refractivity contribution in [3.8, 4) is 5.69 Å². The van der Waals surface area contributed by atoms with Crippen molar-refractivity contribution >= 4 is 5.91 Å². The van der Waals surface area contributed by atoms with Crippen LogP contribution in [0.25, 0.3) is 5.69 Å². The highest BCUT2D eigenvalue weighted by molar-refractivity contribution is 5.94. The molecule has 1 atom stereocenters. The van der Waals surface area contributed by atoms with Crippen LogP contribution in [0.3, 0.4) is 0 Å². The van der Waals surface area contributed by atoms with E-state index in [2.05, 4.69) is 20.6 Å². The minimum atomic E-state index is -4.56. The molecule has 11 heteroatoms. The molecule has 1 N–H and O–H groups in total. The fourth-order valence-electron chi connectivity index (χ4n) is 3.02. The standard InChI is InChI=1S/C21H15F4N5O2/c1-12-26-19(29-32-12)18(15-4-2-3-5-16(15)22)27-20(31)13-6-8-14(9-7-13)30-11-10-17(28-30)21(23,24)25/h2-11,18H,1H3,(H,27,31). The van der Waals surface area contributed by atoms with Crippen molar-refractivity contribution in [2.75, 3.05) is 0 Å². The van der Waals surface area contributed by atoms with Gasteiger partial charge in [0.2, 0.25) is 5.89 Å². The molecule has 4 aromatic rings. The van der Waals surface area contributed by atoms with E-state index in [1.54, 1.807) is 13.0 Å². The number of hydrogen-bond donors (Lipinski definition) is 1. The summed E-state index contributed by atoms with van der Waals surface area (Å²) in [6.07, 6.45) is -3.38. The van der Waals surface area contributed by atoms with Gasteiger partial charge in [-0.1, -0.05) is 23.4 Å². The molecule has 32 heavy (non-hydrogen) atoms. The first-order valence-electron chi connectivity index (χ1n) is 9.31. The number of carbonyl (C=O) groups excluding carboxylic acids is 1. The van der Waals surface area contributed by atoms with Crippen LogP contribution in [0.4, 0.5) is 17.6 Å². The summed E-state index contributed by atoms with van der Waals surface area (Å²) in [6.45, 7) is 1.56. The van der Waals surface area contributed by atoms with E-state index in [0.717, 1.165) is 10.7 Å². The lowest BCUT2D eigenvalue weighted by Gasteiger charge is -2.17. The summed E-state index contributed by atoms with van der Waals surface area (Å²) in [5.74, 6) is -0.801. The van der Waals surface area contributed by atoms with Gasteiger partial charge >= 0.3 is 6.18 Å². The van der Waals surface area contributed by atoms with Crippen LogP contribution in [-0.4, -0.2) is 25.8 Å². The first-order valence-corrected chi connectivity index (χ1v) is 9.31. The van der Waals surface area contributed by atoms with Crippen LogP contribution in [-0.2, 0) is 6.18 Å². The number of nitrogens with one attached hydrogen (secondary N) is 1. The highest BCUT2D eigenvalue weighted by atomic mass is 19.4. The first-order chi connectivity index (χ1) is 15.2. The van der Waals surface area contributed by atoms with Crippen LogP contribution < -0.4 is 5.32 Å². The molecule has 0 spiro atoms. The number of nitrogens with zero attached hydrogens (tertiary/aromatic N) is 4. The average Bonchev–Trinajstić information content (AvgIpc) is 3.42. The molecule has 1 amide bonds. The van der Waals surface area contributed by atoms with E-state index in [1.807, 2.05) is 0 Å². The lowest BCUT2D eigenvalue weighted by Crippen LogP contribution is -2.30. The third kappa shape index (κ3) is 4.36. The van der Waals surface area contributed by atoms with Crippen molar-refractivity contribution in [2.24, 2.45) is 0 Å². The number of alkyl halides is 3. The van der Waals surface area contributed by atoms with Gasteiger partial charge in [0.15, 0.2) is 11.5 Å². The quantitative estimate of drug-likeness (QED) is 0.465. The van der Waals surface area contributed by atoms with Crippen LogP contribution in [0.1, 0.15) is 39.4 Å². The summed E-state index contributed by atoms with van der Waals surface area (Å²) in [5.41, 5.74) is -0.355. The first kappa shape index (κ1) is 21.2. The molecule has 0 aliphatic rings. The number of benzene rings is 2. The smallest absolute Gasteiger partial charge is 0.340 e. The normalized spacial score (nSPS) is 12.5. The number of halogens is 4. The Morgan fingerprint density at radius 3 is 2.41 bits per heavy atom. The highest BCUT2D eigenvalue weighted by Gasteiger charge is 2.33. The van der Waals surface area contributed by atoms with Gasteiger partial charge < -0.3 is 9.84 Å². The van der Waals surface area contributed by atoms with E-state index < -0.39 is 29.6 Å². The van der Waals surface area contributed by atoms with Crippen molar-refractivity contribution in [1.82, 2.24) is 25.2 Å². The van der Waals surface area contributed by atoms with Gasteiger partial charge in [-0.05, 0) is 36.4 Å². The van der Waals surface area contributed by atoms with Crippen molar-refractivity contribution < 1.29 is 26.9 Å². The molecule has 0 saturated carbocycles. The van der Waals surface area contributed by atoms with E-state index in [1.165, 1.54) is 48.7 Å². The van der Waals surface area contributed by atoms with Gasteiger partial charge in [0.05, 0.1) is 5.69 Å². The van der Waals surface area contributed by atoms with Gasteiger partial charge in [-0.3, -0.25) is 4.79 Å². The fraction of sp³-hybridized carbons (Fsp3) is 0.143. The van der Waals surface area contributed by atoms with E-state index in [-0.39, 0.29) is 22.8 Å². The molecule has 2 aromatic carbocycles. The summed E-state index contributed by atoms with van der Waals surface area (Å²) < 4.78 is 58.6. The van der Waals surface area contributed by atoms with Crippen LogP contribution in [0.5, 0.6) is 0 Å². The second kappa shape index (κ2) is 8.25. The maximum absolute atomic E-state index is 14.4. The minimum Gasteiger partial charge on any atom is -0.340 e. The van der Waals surface area contributed by atoms with Crippen molar-refractivity contribution in [2.45, 2.75) is 19.1 Å². The van der Waals surface area contributed by atoms with Gasteiger partial charge in [-0.25, -0.2) is 9.07 Å². The lowest BCUT2D eigenvalue weighted by atomic mass is 10.0. The van der Waals surface area contributed by atoms with Crippen LogP contribution >= 0.6 is 0 Å². The van der Waals surface area contributed by atoms with Gasteiger partial charge in [0.1, 0.15) is 11.9 Å². The summed E-state index contributed by atoms with van der Waals surface area (Å²) in [5, 5.41) is 9.94. The maximum atomic E-state index is 14.4. The lowest BCUT2D eigenvalue weighted by molar-refractivity contribution is -0.141. The van der Waals surface area contributed by atoms with Crippen LogP contribution in [0.2, 0.25) is 0 Å². The Balaban J connectivity index is 1.57. The van der Waals surface area contributed by atoms with E-state index >= 15 is 0 Å². The third-order valence-electron chi connectivity index (χ3n) is 4.57. The zero-order chi connectivity index (χ0) is 22.9. The highest BCUT2D eigenvalue weighted by Crippen LogP contribution is 2.28. The number of aromatic nitrogens is 4. The second-order valence-electron chi connectivity index (χ2n) is 6.79. The van der Waals surface area contributed by atoms with E-state index in [4.69, 9.17) is 4.52 Å². The molecule has 164 valence electrons. The second-order valence-corrected chi connectivity index (χ2v) is 6.79. The topological polar surface area (TPSA) is 85.8 Å². The predicted molar refractivity (Wildman–Crippen MR) is 103 cm³/mol. The number of hydrogen-bond acceptors (Lipinski definition) is 5. The Morgan fingerprint density at radius 2 is 1.81 bits per heavy atom. The molecule has 0 radical (unpaired) electrons. The largest absolute Gasteiger partial charge is 0.435 e. The molecule has 1 unspecified atom stereocenters. The average molecular weight is 445 g/mol. The Kier molecular flexibility index (Phi) is 5.47. The molecule has 4 rings (SSSR count). The van der Waals surface area contributed by atoms with Gasteiger partial charge in [-0.2, -0.15) is 23.3 Å². The number of aryl methyl sites for hydroxylation is 1. The predicted octanol–water partition coefficient (Wildman–Crippen LogP) is 4.24. The van der Waals surface area contributed by atoms with Crippen LogP contribution in [0.15, 0.2) is 65.3 Å². The number of rotatable bonds is 5. The summed E-state index contributed by atoms with van der Waals surface area (Å²) in [7, 11) is 0. The summed E-state index contributed by atoms with van der Waals surface area (Å²) in [4.78, 5) is 16.9. The molecule has 2 aromatic heterocycles. The fourth-order valence-corrected chi connectivity index (χ4v) is 3.02. The van der Waals surface area contributed by atoms with Crippen molar-refractivity contribution in [3.63, 3.8) is 0 Å². The molecule has 0 saturated heterocycles. The Bertz CT molecular complexity index is 1250. The Morgan fingerprint density at radius 1 is 1.09 bits per heavy atom. The summed E-state index contributed by atoms with van der Waals surface area (Å²) >= 11 is 0. The van der Waals surface area contributed by atoms with Crippen LogP contribution in [0, 0.1) is 12.7 Å². The zero-order valence-electron chi connectivity index (χ0n) is 16.5. The SMILES string of the molecule is Cc1nc(C(NC(=O)c2ccc(-n3ccc(C(F)(F)F)n3)cc2)c2ccccc2F)no1. The van der Waals surface area contributed by atoms with Crippen molar-refractivity contribution in [3.05, 3.63) is 95.1 Å². The van der Waals surface area contributed by atoms with E-state index in [0.29, 0.717) is 5.69 Å². The maximum Gasteiger partial charge on any atom is 0.435 e. The third-order valence-corrected chi connectivity index (χ3v) is 4.57. The Hall–Kier alpha value is -4.02. The molecule has 0 fully saturated rings.